The molecule has 0 aliphatic rings. The molecule has 0 saturated carbocycles. The van der Waals surface area contributed by atoms with Gasteiger partial charge in [-0.05, 0) is 29.7 Å². The van der Waals surface area contributed by atoms with Gasteiger partial charge < -0.3 is 4.98 Å². The Bertz CT molecular complexity index is 703. The van der Waals surface area contributed by atoms with Gasteiger partial charge in [-0.1, -0.05) is 18.2 Å². The number of para-hydroxylation sites is 1. The zero-order valence-electron chi connectivity index (χ0n) is 10.8. The van der Waals surface area contributed by atoms with Gasteiger partial charge in [-0.3, -0.25) is 14.8 Å². The number of carbonyl (C=O) groups is 1. The van der Waals surface area contributed by atoms with Crippen molar-refractivity contribution in [3.63, 3.8) is 0 Å². The summed E-state index contributed by atoms with van der Waals surface area (Å²) < 4.78 is 0. The highest BCUT2D eigenvalue weighted by atomic mass is 16.2. The molecule has 0 bridgehead atoms. The molecule has 3 aromatic rings. The van der Waals surface area contributed by atoms with Crippen LogP contribution < -0.4 is 5.84 Å². The minimum Gasteiger partial charge on any atom is -0.357 e. The van der Waals surface area contributed by atoms with E-state index in [4.69, 9.17) is 5.84 Å². The van der Waals surface area contributed by atoms with Crippen LogP contribution in [-0.2, 0) is 6.54 Å². The maximum absolute atomic E-state index is 12.1. The lowest BCUT2D eigenvalue weighted by Crippen LogP contribution is -2.36. The molecular weight excluding hydrogens is 252 g/mol. The highest BCUT2D eigenvalue weighted by Crippen LogP contribution is 2.15. The SMILES string of the molecule is NN(Cc1cc2ccccc2[nH]1)C(=O)c1ccncc1. The number of nitrogens with one attached hydrogen (secondary N) is 1. The van der Waals surface area contributed by atoms with Crippen LogP contribution in [0.2, 0.25) is 0 Å². The molecule has 2 heterocycles. The molecule has 0 aliphatic carbocycles. The van der Waals surface area contributed by atoms with Gasteiger partial charge in [-0.25, -0.2) is 5.84 Å². The summed E-state index contributed by atoms with van der Waals surface area (Å²) >= 11 is 0. The molecule has 3 N–H and O–H groups in total. The van der Waals surface area contributed by atoms with Gasteiger partial charge in [-0.15, -0.1) is 0 Å². The lowest BCUT2D eigenvalue weighted by Gasteiger charge is -2.15. The second-order valence-corrected chi connectivity index (χ2v) is 4.55. The first-order chi connectivity index (χ1) is 9.74. The molecule has 0 aliphatic heterocycles. The Hall–Kier alpha value is -2.66. The largest absolute Gasteiger partial charge is 0.357 e. The smallest absolute Gasteiger partial charge is 0.268 e. The average Bonchev–Trinajstić information content (AvgIpc) is 2.89. The third kappa shape index (κ3) is 2.39. The quantitative estimate of drug-likeness (QED) is 0.433. The summed E-state index contributed by atoms with van der Waals surface area (Å²) in [4.78, 5) is 19.3. The Kier molecular flexibility index (Phi) is 3.18. The van der Waals surface area contributed by atoms with Gasteiger partial charge in [0.2, 0.25) is 0 Å². The minimum atomic E-state index is -0.231. The van der Waals surface area contributed by atoms with Gasteiger partial charge >= 0.3 is 0 Å². The van der Waals surface area contributed by atoms with E-state index in [9.17, 15) is 4.79 Å². The number of H-pyrrole nitrogens is 1. The van der Waals surface area contributed by atoms with E-state index in [1.54, 1.807) is 24.5 Å². The van der Waals surface area contributed by atoms with Gasteiger partial charge in [0.1, 0.15) is 0 Å². The van der Waals surface area contributed by atoms with Gasteiger partial charge in [0, 0.05) is 29.2 Å². The predicted octanol–water partition coefficient (Wildman–Crippen LogP) is 2.08. The number of hydrazine groups is 1. The number of hydrogen-bond acceptors (Lipinski definition) is 3. The van der Waals surface area contributed by atoms with Crippen molar-refractivity contribution in [2.24, 2.45) is 5.84 Å². The number of benzene rings is 1. The molecule has 0 spiro atoms. The molecule has 0 fully saturated rings. The predicted molar refractivity (Wildman–Crippen MR) is 76.6 cm³/mol. The number of nitrogens with two attached hydrogens (primary N) is 1. The number of pyridine rings is 1. The Balaban J connectivity index is 1.78. The molecule has 3 rings (SSSR count). The van der Waals surface area contributed by atoms with E-state index < -0.39 is 0 Å². The van der Waals surface area contributed by atoms with Crippen LogP contribution in [-0.4, -0.2) is 20.9 Å². The fraction of sp³-hybridized carbons (Fsp3) is 0.0667. The molecule has 0 saturated heterocycles. The standard InChI is InChI=1S/C15H14N4O/c16-19(15(20)11-5-7-17-8-6-11)10-13-9-12-3-1-2-4-14(12)18-13/h1-9,18H,10,16H2. The zero-order chi connectivity index (χ0) is 13.9. The lowest BCUT2D eigenvalue weighted by molar-refractivity contribution is 0.0741. The van der Waals surface area contributed by atoms with Crippen LogP contribution in [0.15, 0.2) is 54.9 Å². The molecule has 5 nitrogen and oxygen atoms in total. The third-order valence-corrected chi connectivity index (χ3v) is 3.11. The molecular formula is C15H14N4O. The summed E-state index contributed by atoms with van der Waals surface area (Å²) in [5, 5.41) is 2.30. The fourth-order valence-corrected chi connectivity index (χ4v) is 2.13. The van der Waals surface area contributed by atoms with Crippen molar-refractivity contribution in [1.29, 1.82) is 0 Å². The molecule has 1 aromatic carbocycles. The average molecular weight is 266 g/mol. The Morgan fingerprint density at radius 3 is 2.70 bits per heavy atom. The van der Waals surface area contributed by atoms with Crippen molar-refractivity contribution in [2.75, 3.05) is 0 Å². The summed E-state index contributed by atoms with van der Waals surface area (Å²) in [5.74, 6) is 5.62. The number of fused-ring (bicyclic) bond motifs is 1. The van der Waals surface area contributed by atoms with Crippen LogP contribution in [0.4, 0.5) is 0 Å². The van der Waals surface area contributed by atoms with E-state index in [-0.39, 0.29) is 5.91 Å². The first-order valence-corrected chi connectivity index (χ1v) is 6.27. The number of rotatable bonds is 3. The summed E-state index contributed by atoms with van der Waals surface area (Å²) in [7, 11) is 0. The van der Waals surface area contributed by atoms with Crippen molar-refractivity contribution < 1.29 is 4.79 Å². The van der Waals surface area contributed by atoms with Gasteiger partial charge in [-0.2, -0.15) is 0 Å². The fourth-order valence-electron chi connectivity index (χ4n) is 2.13. The van der Waals surface area contributed by atoms with Gasteiger partial charge in [0.15, 0.2) is 0 Å². The number of hydrogen-bond donors (Lipinski definition) is 2. The molecule has 20 heavy (non-hydrogen) atoms. The highest BCUT2D eigenvalue weighted by Gasteiger charge is 2.13. The number of aromatic nitrogens is 2. The van der Waals surface area contributed by atoms with Gasteiger partial charge in [0.05, 0.1) is 6.54 Å². The lowest BCUT2D eigenvalue weighted by atomic mass is 10.2. The second kappa shape index (κ2) is 5.14. The van der Waals surface area contributed by atoms with Crippen LogP contribution in [0, 0.1) is 0 Å². The molecule has 0 unspecified atom stereocenters. The van der Waals surface area contributed by atoms with E-state index in [0.29, 0.717) is 12.1 Å². The van der Waals surface area contributed by atoms with Crippen molar-refractivity contribution in [1.82, 2.24) is 15.0 Å². The molecule has 0 atom stereocenters. The maximum atomic E-state index is 12.1. The van der Waals surface area contributed by atoms with E-state index in [1.807, 2.05) is 30.3 Å². The Labute approximate surface area is 116 Å². The molecule has 5 heteroatoms. The minimum absolute atomic E-state index is 0.231. The van der Waals surface area contributed by atoms with Crippen molar-refractivity contribution in [3.05, 3.63) is 66.1 Å². The zero-order valence-corrected chi connectivity index (χ0v) is 10.8. The Morgan fingerprint density at radius 2 is 1.95 bits per heavy atom. The van der Waals surface area contributed by atoms with E-state index in [0.717, 1.165) is 16.6 Å². The number of carbonyl (C=O) groups excluding carboxylic acids is 1. The van der Waals surface area contributed by atoms with E-state index >= 15 is 0 Å². The highest BCUT2D eigenvalue weighted by molar-refractivity contribution is 5.93. The second-order valence-electron chi connectivity index (χ2n) is 4.55. The van der Waals surface area contributed by atoms with E-state index in [1.165, 1.54) is 5.01 Å². The third-order valence-electron chi connectivity index (χ3n) is 3.11. The van der Waals surface area contributed by atoms with Crippen LogP contribution in [0.3, 0.4) is 0 Å². The molecule has 100 valence electrons. The summed E-state index contributed by atoms with van der Waals surface area (Å²) in [6.45, 7) is 0.329. The number of amides is 1. The first kappa shape index (κ1) is 12.4. The molecule has 2 aromatic heterocycles. The molecule has 0 radical (unpaired) electrons. The van der Waals surface area contributed by atoms with Crippen LogP contribution in [0.25, 0.3) is 10.9 Å². The van der Waals surface area contributed by atoms with Crippen LogP contribution in [0.1, 0.15) is 16.1 Å². The number of aromatic amines is 1. The van der Waals surface area contributed by atoms with Crippen molar-refractivity contribution >= 4 is 16.8 Å². The van der Waals surface area contributed by atoms with Crippen molar-refractivity contribution in [2.45, 2.75) is 6.54 Å². The summed E-state index contributed by atoms with van der Waals surface area (Å²) in [5.41, 5.74) is 2.46. The first-order valence-electron chi connectivity index (χ1n) is 6.27. The summed E-state index contributed by atoms with van der Waals surface area (Å²) in [6.07, 6.45) is 3.15. The van der Waals surface area contributed by atoms with Crippen LogP contribution >= 0.6 is 0 Å². The normalized spacial score (nSPS) is 10.7. The van der Waals surface area contributed by atoms with E-state index in [2.05, 4.69) is 9.97 Å². The Morgan fingerprint density at radius 1 is 1.20 bits per heavy atom. The molecule has 1 amide bonds. The maximum Gasteiger partial charge on any atom is 0.268 e. The topological polar surface area (TPSA) is 75.0 Å². The van der Waals surface area contributed by atoms with Gasteiger partial charge in [0.25, 0.3) is 5.91 Å². The summed E-state index contributed by atoms with van der Waals surface area (Å²) in [6, 6.07) is 13.2. The number of nitrogens with zero attached hydrogens (tertiary/aromatic N) is 2. The van der Waals surface area contributed by atoms with Crippen molar-refractivity contribution in [3.8, 4) is 0 Å². The van der Waals surface area contributed by atoms with Crippen LogP contribution in [0.5, 0.6) is 0 Å². The monoisotopic (exact) mass is 266 g/mol.